The molecule has 0 unspecified atom stereocenters. The van der Waals surface area contributed by atoms with E-state index in [0.717, 1.165) is 37.2 Å². The summed E-state index contributed by atoms with van der Waals surface area (Å²) in [4.78, 5) is 43.6. The van der Waals surface area contributed by atoms with Crippen LogP contribution in [0, 0.1) is 0 Å². The summed E-state index contributed by atoms with van der Waals surface area (Å²) in [5.74, 6) is 0.571. The minimum Gasteiger partial charge on any atom is -0.481 e. The Labute approximate surface area is 216 Å². The topological polar surface area (TPSA) is 115 Å². The van der Waals surface area contributed by atoms with Crippen molar-refractivity contribution in [2.75, 3.05) is 64.9 Å². The van der Waals surface area contributed by atoms with Gasteiger partial charge in [0.15, 0.2) is 11.5 Å². The summed E-state index contributed by atoms with van der Waals surface area (Å²) in [5.41, 5.74) is 2.32. The van der Waals surface area contributed by atoms with E-state index in [2.05, 4.69) is 32.1 Å². The van der Waals surface area contributed by atoms with Crippen molar-refractivity contribution in [3.63, 3.8) is 0 Å². The third-order valence-electron chi connectivity index (χ3n) is 6.47. The van der Waals surface area contributed by atoms with Gasteiger partial charge < -0.3 is 24.6 Å². The van der Waals surface area contributed by atoms with Gasteiger partial charge in [0, 0.05) is 68.9 Å². The monoisotopic (exact) mass is 509 g/mol. The molecule has 0 spiro atoms. The van der Waals surface area contributed by atoms with Crippen LogP contribution in [-0.2, 0) is 16.1 Å². The maximum absolute atomic E-state index is 13.4. The molecule has 0 aromatic carbocycles. The van der Waals surface area contributed by atoms with Crippen LogP contribution in [0.15, 0.2) is 35.4 Å². The lowest BCUT2D eigenvalue weighted by Crippen LogP contribution is -2.50. The lowest BCUT2D eigenvalue weighted by Gasteiger charge is -2.34. The van der Waals surface area contributed by atoms with E-state index in [9.17, 15) is 9.59 Å². The fourth-order valence-corrected chi connectivity index (χ4v) is 4.28. The Morgan fingerprint density at radius 1 is 1.05 bits per heavy atom. The number of piperazine rings is 1. The molecule has 0 radical (unpaired) electrons. The average molecular weight is 510 g/mol. The predicted octanol–water partition coefficient (Wildman–Crippen LogP) is 1.86. The smallest absolute Gasteiger partial charge is 0.293 e. The predicted molar refractivity (Wildman–Crippen MR) is 142 cm³/mol. The average Bonchev–Trinajstić information content (AvgIpc) is 2.95. The van der Waals surface area contributed by atoms with Gasteiger partial charge in [0.1, 0.15) is 0 Å². The van der Waals surface area contributed by atoms with E-state index in [1.807, 2.05) is 24.0 Å². The van der Waals surface area contributed by atoms with E-state index in [4.69, 9.17) is 9.47 Å². The molecule has 4 rings (SSSR count). The van der Waals surface area contributed by atoms with Crippen LogP contribution in [0.2, 0.25) is 0 Å². The molecule has 198 valence electrons. The number of anilines is 1. The summed E-state index contributed by atoms with van der Waals surface area (Å²) in [7, 11) is 1.57. The molecular formula is C26H35N7O4. The second kappa shape index (κ2) is 12.6. The first-order valence-electron chi connectivity index (χ1n) is 12.8. The molecule has 1 amide bonds. The minimum absolute atomic E-state index is 0.00179. The summed E-state index contributed by atoms with van der Waals surface area (Å²) in [6.45, 7) is 9.55. The largest absolute Gasteiger partial charge is 0.481 e. The summed E-state index contributed by atoms with van der Waals surface area (Å²) < 4.78 is 12.4. The number of rotatable bonds is 11. The number of amides is 1. The van der Waals surface area contributed by atoms with Crippen LogP contribution in [0.25, 0.3) is 22.3 Å². The molecule has 37 heavy (non-hydrogen) atoms. The zero-order valence-corrected chi connectivity index (χ0v) is 21.8. The van der Waals surface area contributed by atoms with Gasteiger partial charge >= 0.3 is 0 Å². The van der Waals surface area contributed by atoms with Gasteiger partial charge in [-0.05, 0) is 25.1 Å². The molecule has 1 fully saturated rings. The molecule has 4 heterocycles. The highest BCUT2D eigenvalue weighted by molar-refractivity contribution is 5.82. The standard InChI is InChI=1S/C26H35N7O4/c1-4-13-37-14-12-33-21-15-20(19-6-7-22(36-3)27-16-19)17-28-24(21)30-25(26(33)35)29-18-23(34)32-10-8-31(5-2)9-11-32/h6-7,15-17H,4-5,8-14,18H2,1-3H3,(H,28,29,30). The molecule has 1 aliphatic rings. The highest BCUT2D eigenvalue weighted by Gasteiger charge is 2.21. The SMILES string of the molecule is CCCOCCn1c(=O)c(NCC(=O)N2CCN(CC)CC2)nc2ncc(-c3ccc(OC)nc3)cc21. The molecule has 0 bridgehead atoms. The third kappa shape index (κ3) is 6.41. The Morgan fingerprint density at radius 3 is 2.51 bits per heavy atom. The van der Waals surface area contributed by atoms with Gasteiger partial charge in [-0.1, -0.05) is 13.8 Å². The number of methoxy groups -OCH3 is 1. The number of likely N-dealkylation sites (N-methyl/N-ethyl adjacent to an activating group) is 1. The third-order valence-corrected chi connectivity index (χ3v) is 6.47. The minimum atomic E-state index is -0.317. The molecule has 11 heteroatoms. The van der Waals surface area contributed by atoms with Gasteiger partial charge in [-0.2, -0.15) is 0 Å². The van der Waals surface area contributed by atoms with Gasteiger partial charge in [-0.25, -0.2) is 15.0 Å². The number of ether oxygens (including phenoxy) is 2. The van der Waals surface area contributed by atoms with Crippen molar-refractivity contribution < 1.29 is 14.3 Å². The number of nitrogens with one attached hydrogen (secondary N) is 1. The van der Waals surface area contributed by atoms with Gasteiger partial charge in [0.2, 0.25) is 11.8 Å². The second-order valence-corrected chi connectivity index (χ2v) is 8.85. The van der Waals surface area contributed by atoms with Crippen LogP contribution < -0.4 is 15.6 Å². The lowest BCUT2D eigenvalue weighted by atomic mass is 10.1. The molecule has 1 saturated heterocycles. The Balaban J connectivity index is 1.59. The van der Waals surface area contributed by atoms with Crippen molar-refractivity contribution in [3.05, 3.63) is 40.9 Å². The van der Waals surface area contributed by atoms with E-state index in [1.54, 1.807) is 30.1 Å². The number of carbonyl (C=O) groups is 1. The number of fused-ring (bicyclic) bond motifs is 1. The van der Waals surface area contributed by atoms with E-state index in [1.165, 1.54) is 0 Å². The zero-order chi connectivity index (χ0) is 26.2. The maximum Gasteiger partial charge on any atom is 0.293 e. The van der Waals surface area contributed by atoms with Crippen molar-refractivity contribution in [1.29, 1.82) is 0 Å². The first-order chi connectivity index (χ1) is 18.0. The molecule has 0 saturated carbocycles. The fourth-order valence-electron chi connectivity index (χ4n) is 4.28. The summed E-state index contributed by atoms with van der Waals surface area (Å²) in [6.07, 6.45) is 4.29. The number of hydrogen-bond donors (Lipinski definition) is 1. The van der Waals surface area contributed by atoms with Gasteiger partial charge in [0.25, 0.3) is 5.56 Å². The first kappa shape index (κ1) is 26.5. The lowest BCUT2D eigenvalue weighted by molar-refractivity contribution is -0.131. The van der Waals surface area contributed by atoms with Crippen LogP contribution in [0.5, 0.6) is 5.88 Å². The van der Waals surface area contributed by atoms with Gasteiger partial charge in [-0.3, -0.25) is 14.2 Å². The molecule has 3 aromatic rings. The van der Waals surface area contributed by atoms with Crippen molar-refractivity contribution in [2.24, 2.45) is 0 Å². The van der Waals surface area contributed by atoms with Crippen molar-refractivity contribution >= 4 is 22.9 Å². The molecular weight excluding hydrogens is 474 g/mol. The second-order valence-electron chi connectivity index (χ2n) is 8.85. The Bertz CT molecular complexity index is 1250. The van der Waals surface area contributed by atoms with Crippen LogP contribution in [0.1, 0.15) is 20.3 Å². The number of hydrogen-bond acceptors (Lipinski definition) is 9. The maximum atomic E-state index is 13.4. The van der Waals surface area contributed by atoms with Crippen molar-refractivity contribution in [3.8, 4) is 17.0 Å². The van der Waals surface area contributed by atoms with Crippen LogP contribution in [0.4, 0.5) is 5.82 Å². The highest BCUT2D eigenvalue weighted by Crippen LogP contribution is 2.23. The number of carbonyl (C=O) groups excluding carboxylic acids is 1. The number of pyridine rings is 2. The fraction of sp³-hybridized carbons (Fsp3) is 0.500. The molecule has 1 aliphatic heterocycles. The molecule has 1 N–H and O–H groups in total. The Kier molecular flexibility index (Phi) is 9.02. The van der Waals surface area contributed by atoms with Gasteiger partial charge in [0.05, 0.1) is 25.8 Å². The van der Waals surface area contributed by atoms with Crippen LogP contribution >= 0.6 is 0 Å². The Morgan fingerprint density at radius 2 is 1.84 bits per heavy atom. The van der Waals surface area contributed by atoms with E-state index < -0.39 is 0 Å². The summed E-state index contributed by atoms with van der Waals surface area (Å²) >= 11 is 0. The molecule has 11 nitrogen and oxygen atoms in total. The Hall–Kier alpha value is -3.57. The quantitative estimate of drug-likeness (QED) is 0.387. The number of nitrogens with zero attached hydrogens (tertiary/aromatic N) is 6. The highest BCUT2D eigenvalue weighted by atomic mass is 16.5. The van der Waals surface area contributed by atoms with E-state index >= 15 is 0 Å². The summed E-state index contributed by atoms with van der Waals surface area (Å²) in [5, 5.41) is 2.97. The van der Waals surface area contributed by atoms with E-state index in [-0.39, 0.29) is 23.8 Å². The van der Waals surface area contributed by atoms with Crippen molar-refractivity contribution in [2.45, 2.75) is 26.8 Å². The van der Waals surface area contributed by atoms with E-state index in [0.29, 0.717) is 49.9 Å². The number of aromatic nitrogens is 4. The normalized spacial score (nSPS) is 14.2. The first-order valence-corrected chi connectivity index (χ1v) is 12.8. The summed E-state index contributed by atoms with van der Waals surface area (Å²) in [6, 6.07) is 5.54. The zero-order valence-electron chi connectivity index (χ0n) is 21.8. The van der Waals surface area contributed by atoms with Gasteiger partial charge in [-0.15, -0.1) is 0 Å². The van der Waals surface area contributed by atoms with Crippen LogP contribution in [-0.4, -0.2) is 94.8 Å². The van der Waals surface area contributed by atoms with Crippen molar-refractivity contribution in [1.82, 2.24) is 29.3 Å². The molecule has 0 atom stereocenters. The molecule has 0 aliphatic carbocycles. The molecule has 3 aromatic heterocycles. The van der Waals surface area contributed by atoms with Crippen LogP contribution in [0.3, 0.4) is 0 Å².